The normalized spacial score (nSPS) is 11.4. The van der Waals surface area contributed by atoms with Crippen molar-refractivity contribution in [3.8, 4) is 11.5 Å². The minimum Gasteiger partial charge on any atom is -0.497 e. The van der Waals surface area contributed by atoms with Crippen LogP contribution in [-0.4, -0.2) is 38.0 Å². The molecule has 0 aromatic heterocycles. The highest BCUT2D eigenvalue weighted by Crippen LogP contribution is 2.24. The molecule has 0 fully saturated rings. The van der Waals surface area contributed by atoms with Gasteiger partial charge in [-0.3, -0.25) is 0 Å². The highest BCUT2D eigenvalue weighted by Gasteiger charge is 2.15. The van der Waals surface area contributed by atoms with Gasteiger partial charge < -0.3 is 19.9 Å². The first-order chi connectivity index (χ1) is 9.02. The Balaban J connectivity index is 2.58. The van der Waals surface area contributed by atoms with Gasteiger partial charge in [-0.1, -0.05) is 6.07 Å². The van der Waals surface area contributed by atoms with Gasteiger partial charge >= 0.3 is 0 Å². The van der Waals surface area contributed by atoms with Gasteiger partial charge in [0.05, 0.1) is 14.2 Å². The third-order valence-electron chi connectivity index (χ3n) is 3.23. The largest absolute Gasteiger partial charge is 0.497 e. The Labute approximate surface area is 115 Å². The van der Waals surface area contributed by atoms with Crippen LogP contribution in [0.5, 0.6) is 11.5 Å². The Morgan fingerprint density at radius 2 is 1.95 bits per heavy atom. The number of rotatable bonds is 8. The molecular formula is C15H25NO3. The summed E-state index contributed by atoms with van der Waals surface area (Å²) in [5, 5.41) is 12.4. The zero-order valence-electron chi connectivity index (χ0n) is 12.3. The standard InChI is InChI=1S/C15H25NO3/c1-15(2,8-10-17)16-9-7-12-5-6-13(18-3)11-14(12)19-4/h5-6,11,16-17H,7-10H2,1-4H3. The summed E-state index contributed by atoms with van der Waals surface area (Å²) >= 11 is 0. The summed E-state index contributed by atoms with van der Waals surface area (Å²) in [4.78, 5) is 0. The maximum Gasteiger partial charge on any atom is 0.125 e. The molecule has 19 heavy (non-hydrogen) atoms. The monoisotopic (exact) mass is 267 g/mol. The van der Waals surface area contributed by atoms with Crippen molar-refractivity contribution in [1.82, 2.24) is 5.32 Å². The van der Waals surface area contributed by atoms with Crippen LogP contribution in [0, 0.1) is 0 Å². The zero-order valence-corrected chi connectivity index (χ0v) is 12.3. The average molecular weight is 267 g/mol. The van der Waals surface area contributed by atoms with E-state index in [0.29, 0.717) is 0 Å². The molecule has 1 aromatic carbocycles. The predicted molar refractivity (Wildman–Crippen MR) is 77.0 cm³/mol. The molecule has 0 spiro atoms. The van der Waals surface area contributed by atoms with E-state index in [0.717, 1.165) is 36.4 Å². The summed E-state index contributed by atoms with van der Waals surface area (Å²) in [6, 6.07) is 5.86. The van der Waals surface area contributed by atoms with E-state index in [1.54, 1.807) is 14.2 Å². The molecule has 2 N–H and O–H groups in total. The van der Waals surface area contributed by atoms with E-state index in [1.165, 1.54) is 0 Å². The van der Waals surface area contributed by atoms with E-state index in [1.807, 2.05) is 18.2 Å². The molecule has 0 saturated heterocycles. The second-order valence-electron chi connectivity index (χ2n) is 5.21. The third kappa shape index (κ3) is 5.09. The van der Waals surface area contributed by atoms with Gasteiger partial charge in [0.2, 0.25) is 0 Å². The van der Waals surface area contributed by atoms with Crippen LogP contribution in [0.1, 0.15) is 25.8 Å². The Kier molecular flexibility index (Phi) is 6.12. The zero-order chi connectivity index (χ0) is 14.3. The Morgan fingerprint density at radius 3 is 2.53 bits per heavy atom. The van der Waals surface area contributed by atoms with Crippen LogP contribution >= 0.6 is 0 Å². The summed E-state index contributed by atoms with van der Waals surface area (Å²) in [6.07, 6.45) is 1.62. The molecule has 4 nitrogen and oxygen atoms in total. The van der Waals surface area contributed by atoms with Crippen LogP contribution in [0.3, 0.4) is 0 Å². The van der Waals surface area contributed by atoms with Crippen LogP contribution in [-0.2, 0) is 6.42 Å². The van der Waals surface area contributed by atoms with Gasteiger partial charge in [0.1, 0.15) is 11.5 Å². The smallest absolute Gasteiger partial charge is 0.125 e. The molecule has 0 amide bonds. The molecule has 0 aliphatic rings. The molecule has 0 heterocycles. The van der Waals surface area contributed by atoms with Crippen LogP contribution in [0.25, 0.3) is 0 Å². The maximum atomic E-state index is 8.98. The number of aliphatic hydroxyl groups is 1. The Hall–Kier alpha value is -1.26. The van der Waals surface area contributed by atoms with E-state index in [-0.39, 0.29) is 12.1 Å². The summed E-state index contributed by atoms with van der Waals surface area (Å²) < 4.78 is 10.5. The van der Waals surface area contributed by atoms with E-state index in [4.69, 9.17) is 14.6 Å². The fourth-order valence-electron chi connectivity index (χ4n) is 1.96. The number of aliphatic hydroxyl groups excluding tert-OH is 1. The van der Waals surface area contributed by atoms with Crippen molar-refractivity contribution < 1.29 is 14.6 Å². The first-order valence-corrected chi connectivity index (χ1v) is 6.59. The maximum absolute atomic E-state index is 8.98. The number of nitrogens with one attached hydrogen (secondary N) is 1. The molecule has 0 aliphatic heterocycles. The molecule has 0 saturated carbocycles. The van der Waals surface area contributed by atoms with Crippen LogP contribution < -0.4 is 14.8 Å². The third-order valence-corrected chi connectivity index (χ3v) is 3.23. The molecule has 0 bridgehead atoms. The number of benzene rings is 1. The van der Waals surface area contributed by atoms with Crippen molar-refractivity contribution in [2.45, 2.75) is 32.2 Å². The van der Waals surface area contributed by atoms with E-state index in [2.05, 4.69) is 19.2 Å². The number of methoxy groups -OCH3 is 2. The molecule has 1 aromatic rings. The molecule has 1 rings (SSSR count). The quantitative estimate of drug-likeness (QED) is 0.756. The molecule has 4 heteroatoms. The van der Waals surface area contributed by atoms with Crippen molar-refractivity contribution in [2.75, 3.05) is 27.4 Å². The topological polar surface area (TPSA) is 50.7 Å². The van der Waals surface area contributed by atoms with Crippen molar-refractivity contribution in [3.05, 3.63) is 23.8 Å². The van der Waals surface area contributed by atoms with E-state index >= 15 is 0 Å². The summed E-state index contributed by atoms with van der Waals surface area (Å²) in [5.74, 6) is 1.65. The summed E-state index contributed by atoms with van der Waals surface area (Å²) in [6.45, 7) is 5.23. The van der Waals surface area contributed by atoms with Crippen molar-refractivity contribution in [3.63, 3.8) is 0 Å². The van der Waals surface area contributed by atoms with Crippen molar-refractivity contribution >= 4 is 0 Å². The summed E-state index contributed by atoms with van der Waals surface area (Å²) in [7, 11) is 3.31. The Morgan fingerprint density at radius 1 is 1.21 bits per heavy atom. The minimum atomic E-state index is -0.0472. The average Bonchev–Trinajstić information content (AvgIpc) is 2.38. The number of hydrogen-bond donors (Lipinski definition) is 2. The molecule has 108 valence electrons. The lowest BCUT2D eigenvalue weighted by atomic mass is 10.0. The lowest BCUT2D eigenvalue weighted by Crippen LogP contribution is -2.41. The van der Waals surface area contributed by atoms with Gasteiger partial charge in [-0.15, -0.1) is 0 Å². The van der Waals surface area contributed by atoms with Gasteiger partial charge in [0.15, 0.2) is 0 Å². The SMILES string of the molecule is COc1ccc(CCNC(C)(C)CCO)c(OC)c1. The highest BCUT2D eigenvalue weighted by molar-refractivity contribution is 5.40. The van der Waals surface area contributed by atoms with Crippen LogP contribution in [0.15, 0.2) is 18.2 Å². The Bertz CT molecular complexity index is 391. The second kappa shape index (κ2) is 7.36. The van der Waals surface area contributed by atoms with Gasteiger partial charge in [-0.05, 0) is 44.9 Å². The minimum absolute atomic E-state index is 0.0472. The van der Waals surface area contributed by atoms with Gasteiger partial charge in [-0.25, -0.2) is 0 Å². The molecule has 0 radical (unpaired) electrons. The predicted octanol–water partition coefficient (Wildman–Crippen LogP) is 2.00. The lowest BCUT2D eigenvalue weighted by molar-refractivity contribution is 0.231. The second-order valence-corrected chi connectivity index (χ2v) is 5.21. The lowest BCUT2D eigenvalue weighted by Gasteiger charge is -2.25. The van der Waals surface area contributed by atoms with Gasteiger partial charge in [0, 0.05) is 18.2 Å². The molecular weight excluding hydrogens is 242 g/mol. The van der Waals surface area contributed by atoms with Gasteiger partial charge in [0.25, 0.3) is 0 Å². The van der Waals surface area contributed by atoms with Crippen LogP contribution in [0.2, 0.25) is 0 Å². The summed E-state index contributed by atoms with van der Waals surface area (Å²) in [5.41, 5.74) is 1.10. The first-order valence-electron chi connectivity index (χ1n) is 6.59. The van der Waals surface area contributed by atoms with Crippen LogP contribution in [0.4, 0.5) is 0 Å². The van der Waals surface area contributed by atoms with E-state index < -0.39 is 0 Å². The first kappa shape index (κ1) is 15.8. The van der Waals surface area contributed by atoms with Gasteiger partial charge in [-0.2, -0.15) is 0 Å². The molecule has 0 atom stereocenters. The van der Waals surface area contributed by atoms with E-state index in [9.17, 15) is 0 Å². The van der Waals surface area contributed by atoms with Crippen molar-refractivity contribution in [2.24, 2.45) is 0 Å². The number of ether oxygens (including phenoxy) is 2. The highest BCUT2D eigenvalue weighted by atomic mass is 16.5. The van der Waals surface area contributed by atoms with Crippen molar-refractivity contribution in [1.29, 1.82) is 0 Å². The fraction of sp³-hybridized carbons (Fsp3) is 0.600. The fourth-order valence-corrected chi connectivity index (χ4v) is 1.96. The number of hydrogen-bond acceptors (Lipinski definition) is 4. The molecule has 0 unspecified atom stereocenters. The molecule has 0 aliphatic carbocycles.